The van der Waals surface area contributed by atoms with Gasteiger partial charge in [0.05, 0.1) is 30.3 Å². The number of esters is 1. The Balaban J connectivity index is 1.50. The van der Waals surface area contributed by atoms with Gasteiger partial charge in [0, 0.05) is 19.2 Å². The van der Waals surface area contributed by atoms with E-state index < -0.39 is 4.92 Å². The summed E-state index contributed by atoms with van der Waals surface area (Å²) in [6.45, 7) is 1.99. The van der Waals surface area contributed by atoms with Crippen molar-refractivity contribution in [3.8, 4) is 0 Å². The molecule has 3 rings (SSSR count). The zero-order chi connectivity index (χ0) is 19.2. The average Bonchev–Trinajstić information content (AvgIpc) is 2.72. The van der Waals surface area contributed by atoms with Gasteiger partial charge in [-0.2, -0.15) is 0 Å². The van der Waals surface area contributed by atoms with E-state index in [2.05, 4.69) is 9.88 Å². The summed E-state index contributed by atoms with van der Waals surface area (Å²) in [5.41, 5.74) is 1.43. The van der Waals surface area contributed by atoms with Gasteiger partial charge in [-0.05, 0) is 36.6 Å². The smallest absolute Gasteiger partial charge is 0.337 e. The van der Waals surface area contributed by atoms with Crippen molar-refractivity contribution in [1.29, 1.82) is 0 Å². The van der Waals surface area contributed by atoms with Gasteiger partial charge in [-0.15, -0.1) is 0 Å². The molecule has 1 saturated heterocycles. The molecule has 0 unspecified atom stereocenters. The van der Waals surface area contributed by atoms with E-state index in [0.717, 1.165) is 37.3 Å². The highest BCUT2D eigenvalue weighted by Crippen LogP contribution is 2.22. The lowest BCUT2D eigenvalue weighted by Gasteiger charge is -2.32. The number of anilines is 1. The van der Waals surface area contributed by atoms with Crippen LogP contribution in [0.15, 0.2) is 42.6 Å². The van der Waals surface area contributed by atoms with Gasteiger partial charge < -0.3 is 14.4 Å². The predicted octanol–water partition coefficient (Wildman–Crippen LogP) is 2.96. The number of rotatable bonds is 6. The zero-order valence-electron chi connectivity index (χ0n) is 15.0. The third-order valence-corrected chi connectivity index (χ3v) is 4.54. The van der Waals surface area contributed by atoms with Crippen LogP contribution in [0.2, 0.25) is 0 Å². The van der Waals surface area contributed by atoms with Crippen LogP contribution in [-0.2, 0) is 16.1 Å². The SMILES string of the molecule is COC(=O)c1cccc(COC2CCN(c3ccc([N+](=O)[O-])cn3)CC2)c1. The first-order valence-corrected chi connectivity index (χ1v) is 8.71. The van der Waals surface area contributed by atoms with Crippen molar-refractivity contribution in [2.75, 3.05) is 25.1 Å². The molecule has 27 heavy (non-hydrogen) atoms. The summed E-state index contributed by atoms with van der Waals surface area (Å²) in [6.07, 6.45) is 3.10. The summed E-state index contributed by atoms with van der Waals surface area (Å²) in [5, 5.41) is 10.7. The molecule has 0 amide bonds. The first-order chi connectivity index (χ1) is 13.1. The molecule has 142 valence electrons. The Kier molecular flexibility index (Phi) is 5.97. The summed E-state index contributed by atoms with van der Waals surface area (Å²) in [7, 11) is 1.36. The minimum atomic E-state index is -0.452. The highest BCUT2D eigenvalue weighted by molar-refractivity contribution is 5.89. The average molecular weight is 371 g/mol. The van der Waals surface area contributed by atoms with Gasteiger partial charge in [0.1, 0.15) is 12.0 Å². The zero-order valence-corrected chi connectivity index (χ0v) is 15.0. The topological polar surface area (TPSA) is 94.8 Å². The maximum absolute atomic E-state index is 11.6. The van der Waals surface area contributed by atoms with Crippen molar-refractivity contribution in [3.63, 3.8) is 0 Å². The van der Waals surface area contributed by atoms with E-state index in [0.29, 0.717) is 12.2 Å². The number of aromatic nitrogens is 1. The number of hydrogen-bond acceptors (Lipinski definition) is 7. The summed E-state index contributed by atoms with van der Waals surface area (Å²) in [6, 6.07) is 10.4. The Morgan fingerprint density at radius 2 is 2.07 bits per heavy atom. The maximum Gasteiger partial charge on any atom is 0.337 e. The number of carbonyl (C=O) groups is 1. The van der Waals surface area contributed by atoms with Crippen LogP contribution >= 0.6 is 0 Å². The van der Waals surface area contributed by atoms with Gasteiger partial charge in [0.25, 0.3) is 5.69 Å². The second-order valence-electron chi connectivity index (χ2n) is 6.32. The number of pyridine rings is 1. The Hall–Kier alpha value is -3.00. The van der Waals surface area contributed by atoms with Crippen molar-refractivity contribution in [2.45, 2.75) is 25.6 Å². The normalized spacial score (nSPS) is 14.8. The fraction of sp³-hybridized carbons (Fsp3) is 0.368. The number of methoxy groups -OCH3 is 1. The number of hydrogen-bond donors (Lipinski definition) is 0. The van der Waals surface area contributed by atoms with E-state index in [1.54, 1.807) is 18.2 Å². The minimum Gasteiger partial charge on any atom is -0.465 e. The fourth-order valence-electron chi connectivity index (χ4n) is 3.04. The van der Waals surface area contributed by atoms with E-state index in [1.165, 1.54) is 19.4 Å². The maximum atomic E-state index is 11.6. The molecule has 8 heteroatoms. The van der Waals surface area contributed by atoms with Gasteiger partial charge in [0.2, 0.25) is 0 Å². The number of carbonyl (C=O) groups excluding carboxylic acids is 1. The minimum absolute atomic E-state index is 0.00819. The van der Waals surface area contributed by atoms with E-state index in [1.807, 2.05) is 12.1 Å². The van der Waals surface area contributed by atoms with Crippen molar-refractivity contribution >= 4 is 17.5 Å². The van der Waals surface area contributed by atoms with Crippen LogP contribution in [0.4, 0.5) is 11.5 Å². The van der Waals surface area contributed by atoms with Gasteiger partial charge in [-0.3, -0.25) is 10.1 Å². The molecule has 0 saturated carbocycles. The summed E-state index contributed by atoms with van der Waals surface area (Å²) >= 11 is 0. The van der Waals surface area contributed by atoms with Crippen molar-refractivity contribution in [2.24, 2.45) is 0 Å². The number of benzene rings is 1. The lowest BCUT2D eigenvalue weighted by Crippen LogP contribution is -2.37. The molecule has 1 aliphatic heterocycles. The van der Waals surface area contributed by atoms with Gasteiger partial charge in [-0.25, -0.2) is 9.78 Å². The standard InChI is InChI=1S/C19H21N3O5/c1-26-19(23)15-4-2-3-14(11-15)13-27-17-7-9-21(10-8-17)18-6-5-16(12-20-18)22(24)25/h2-6,11-12,17H,7-10,13H2,1H3. The first-order valence-electron chi connectivity index (χ1n) is 8.71. The third kappa shape index (κ3) is 4.79. The molecule has 0 bridgehead atoms. The monoisotopic (exact) mass is 371 g/mol. The quantitative estimate of drug-likeness (QED) is 0.438. The molecular weight excluding hydrogens is 350 g/mol. The summed E-state index contributed by atoms with van der Waals surface area (Å²) < 4.78 is 10.7. The second-order valence-corrected chi connectivity index (χ2v) is 6.32. The molecule has 0 spiro atoms. The van der Waals surface area contributed by atoms with Crippen LogP contribution in [0, 0.1) is 10.1 Å². The van der Waals surface area contributed by atoms with Gasteiger partial charge in [0.15, 0.2) is 0 Å². The van der Waals surface area contributed by atoms with E-state index >= 15 is 0 Å². The summed E-state index contributed by atoms with van der Waals surface area (Å²) in [4.78, 5) is 28.1. The van der Waals surface area contributed by atoms with E-state index in [4.69, 9.17) is 9.47 Å². The lowest BCUT2D eigenvalue weighted by molar-refractivity contribution is -0.385. The Morgan fingerprint density at radius 3 is 2.70 bits per heavy atom. The second kappa shape index (κ2) is 8.59. The summed E-state index contributed by atoms with van der Waals surface area (Å²) in [5.74, 6) is 0.380. The first kappa shape index (κ1) is 18.8. The molecule has 0 atom stereocenters. The van der Waals surface area contributed by atoms with Crippen LogP contribution in [0.1, 0.15) is 28.8 Å². The van der Waals surface area contributed by atoms with Crippen LogP contribution in [0.5, 0.6) is 0 Å². The van der Waals surface area contributed by atoms with Crippen LogP contribution in [-0.4, -0.2) is 42.2 Å². The van der Waals surface area contributed by atoms with Crippen LogP contribution in [0.3, 0.4) is 0 Å². The highest BCUT2D eigenvalue weighted by Gasteiger charge is 2.21. The molecule has 0 aliphatic carbocycles. The fourth-order valence-corrected chi connectivity index (χ4v) is 3.04. The lowest BCUT2D eigenvalue weighted by atomic mass is 10.1. The molecule has 0 radical (unpaired) electrons. The molecule has 1 aliphatic rings. The van der Waals surface area contributed by atoms with Gasteiger partial charge >= 0.3 is 5.97 Å². The van der Waals surface area contributed by atoms with E-state index in [-0.39, 0.29) is 17.8 Å². The molecule has 1 aromatic heterocycles. The molecule has 1 aromatic carbocycles. The predicted molar refractivity (Wildman–Crippen MR) is 98.7 cm³/mol. The van der Waals surface area contributed by atoms with Crippen molar-refractivity contribution < 1.29 is 19.2 Å². The van der Waals surface area contributed by atoms with E-state index in [9.17, 15) is 14.9 Å². The van der Waals surface area contributed by atoms with Gasteiger partial charge in [-0.1, -0.05) is 12.1 Å². The van der Waals surface area contributed by atoms with Crippen LogP contribution < -0.4 is 4.90 Å². The number of piperidine rings is 1. The number of nitro groups is 1. The molecule has 8 nitrogen and oxygen atoms in total. The van der Waals surface area contributed by atoms with Crippen molar-refractivity contribution in [3.05, 3.63) is 63.8 Å². The third-order valence-electron chi connectivity index (χ3n) is 4.54. The Labute approximate surface area is 156 Å². The Morgan fingerprint density at radius 1 is 1.30 bits per heavy atom. The van der Waals surface area contributed by atoms with Crippen LogP contribution in [0.25, 0.3) is 0 Å². The van der Waals surface area contributed by atoms with Crippen molar-refractivity contribution in [1.82, 2.24) is 4.98 Å². The highest BCUT2D eigenvalue weighted by atomic mass is 16.6. The number of ether oxygens (including phenoxy) is 2. The molecule has 2 heterocycles. The number of nitrogens with zero attached hydrogens (tertiary/aromatic N) is 3. The molecular formula is C19H21N3O5. The largest absolute Gasteiger partial charge is 0.465 e. The molecule has 0 N–H and O–H groups in total. The Bertz CT molecular complexity index is 801. The molecule has 1 fully saturated rings. The molecule has 2 aromatic rings.